The third-order valence-corrected chi connectivity index (χ3v) is 2.42. The Kier molecular flexibility index (Phi) is 2.95. The molecule has 0 unspecified atom stereocenters. The van der Waals surface area contributed by atoms with Crippen molar-refractivity contribution < 1.29 is 13.5 Å². The van der Waals surface area contributed by atoms with E-state index in [0.717, 1.165) is 0 Å². The molecule has 2 aromatic rings. The highest BCUT2D eigenvalue weighted by Crippen LogP contribution is 2.34. The molecule has 0 atom stereocenters. The van der Waals surface area contributed by atoms with E-state index in [1.54, 1.807) is 24.3 Å². The number of nitrogens with one attached hydrogen (secondary N) is 1. The molecule has 17 heavy (non-hydrogen) atoms. The second-order valence-corrected chi connectivity index (χ2v) is 3.43. The van der Waals surface area contributed by atoms with Gasteiger partial charge in [0.2, 0.25) is 0 Å². The van der Waals surface area contributed by atoms with Gasteiger partial charge >= 0.3 is 0 Å². The number of ether oxygens (including phenoxy) is 1. The van der Waals surface area contributed by atoms with Crippen LogP contribution in [-0.2, 0) is 0 Å². The summed E-state index contributed by atoms with van der Waals surface area (Å²) in [5.74, 6) is 0.708. The van der Waals surface area contributed by atoms with E-state index in [1.165, 1.54) is 7.11 Å². The first-order chi connectivity index (χ1) is 8.13. The molecule has 0 aliphatic heterocycles. The maximum atomic E-state index is 12.7. The summed E-state index contributed by atoms with van der Waals surface area (Å²) in [4.78, 5) is 0. The van der Waals surface area contributed by atoms with E-state index < -0.39 is 6.43 Å². The van der Waals surface area contributed by atoms with Crippen LogP contribution in [0.5, 0.6) is 5.75 Å². The molecule has 0 amide bonds. The Hall–Kier alpha value is -2.11. The van der Waals surface area contributed by atoms with Crippen molar-refractivity contribution in [1.29, 1.82) is 0 Å². The summed E-state index contributed by atoms with van der Waals surface area (Å²) >= 11 is 0. The third-order valence-electron chi connectivity index (χ3n) is 2.42. The van der Waals surface area contributed by atoms with E-state index in [0.29, 0.717) is 11.3 Å². The van der Waals surface area contributed by atoms with Gasteiger partial charge < -0.3 is 10.5 Å². The number of hydrogen-bond donors (Lipinski definition) is 2. The fraction of sp³-hybridized carbons (Fsp3) is 0.182. The van der Waals surface area contributed by atoms with Crippen LogP contribution in [0.2, 0.25) is 0 Å². The first-order valence-electron chi connectivity index (χ1n) is 4.89. The molecule has 0 spiro atoms. The number of aromatic nitrogens is 2. The van der Waals surface area contributed by atoms with E-state index >= 15 is 0 Å². The van der Waals surface area contributed by atoms with Crippen molar-refractivity contribution in [1.82, 2.24) is 10.2 Å². The largest absolute Gasteiger partial charge is 0.497 e. The average molecular weight is 239 g/mol. The summed E-state index contributed by atoms with van der Waals surface area (Å²) in [6.45, 7) is 0. The van der Waals surface area contributed by atoms with E-state index in [2.05, 4.69) is 10.2 Å². The third kappa shape index (κ3) is 2.06. The van der Waals surface area contributed by atoms with E-state index in [9.17, 15) is 8.78 Å². The number of aromatic amines is 1. The number of benzene rings is 1. The molecular formula is C11H11F2N3O. The van der Waals surface area contributed by atoms with Crippen molar-refractivity contribution in [2.24, 2.45) is 0 Å². The van der Waals surface area contributed by atoms with Crippen LogP contribution >= 0.6 is 0 Å². The Bertz CT molecular complexity index is 508. The minimum atomic E-state index is -2.64. The van der Waals surface area contributed by atoms with Gasteiger partial charge in [0.05, 0.1) is 12.7 Å². The van der Waals surface area contributed by atoms with Crippen molar-refractivity contribution in [3.8, 4) is 16.9 Å². The molecule has 1 aromatic carbocycles. The van der Waals surface area contributed by atoms with Crippen LogP contribution < -0.4 is 10.5 Å². The number of halogens is 2. The summed E-state index contributed by atoms with van der Waals surface area (Å²) in [5, 5.41) is 5.84. The summed E-state index contributed by atoms with van der Waals surface area (Å²) in [6.07, 6.45) is -2.64. The highest BCUT2D eigenvalue weighted by atomic mass is 19.3. The van der Waals surface area contributed by atoms with Crippen LogP contribution in [0.3, 0.4) is 0 Å². The highest BCUT2D eigenvalue weighted by molar-refractivity contribution is 5.76. The molecule has 0 bridgehead atoms. The summed E-state index contributed by atoms with van der Waals surface area (Å²) < 4.78 is 30.4. The zero-order chi connectivity index (χ0) is 12.4. The van der Waals surface area contributed by atoms with Gasteiger partial charge in [0.15, 0.2) is 5.82 Å². The lowest BCUT2D eigenvalue weighted by atomic mass is 10.1. The van der Waals surface area contributed by atoms with Gasteiger partial charge in [-0.25, -0.2) is 8.78 Å². The predicted octanol–water partition coefficient (Wildman–Crippen LogP) is 2.61. The molecule has 4 nitrogen and oxygen atoms in total. The van der Waals surface area contributed by atoms with Gasteiger partial charge in [-0.2, -0.15) is 5.10 Å². The fourth-order valence-corrected chi connectivity index (χ4v) is 1.59. The zero-order valence-electron chi connectivity index (χ0n) is 9.08. The van der Waals surface area contributed by atoms with Crippen molar-refractivity contribution >= 4 is 5.82 Å². The van der Waals surface area contributed by atoms with E-state index in [-0.39, 0.29) is 17.1 Å². The second-order valence-electron chi connectivity index (χ2n) is 3.43. The first-order valence-corrected chi connectivity index (χ1v) is 4.89. The van der Waals surface area contributed by atoms with Gasteiger partial charge in [-0.15, -0.1) is 0 Å². The number of hydrogen-bond acceptors (Lipinski definition) is 3. The van der Waals surface area contributed by atoms with E-state index in [1.807, 2.05) is 0 Å². The van der Waals surface area contributed by atoms with Crippen LogP contribution in [0.1, 0.15) is 12.1 Å². The summed E-state index contributed by atoms with van der Waals surface area (Å²) in [5.41, 5.74) is 6.12. The SMILES string of the molecule is COc1ccc(-c2c(N)n[nH]c2C(F)F)cc1. The number of nitrogens with zero attached hydrogens (tertiary/aromatic N) is 1. The van der Waals surface area contributed by atoms with Crippen LogP contribution in [0, 0.1) is 0 Å². The number of nitrogen functional groups attached to an aromatic ring is 1. The minimum absolute atomic E-state index is 0.0606. The van der Waals surface area contributed by atoms with Gasteiger partial charge in [-0.3, -0.25) is 5.10 Å². The average Bonchev–Trinajstić information content (AvgIpc) is 2.71. The zero-order valence-corrected chi connectivity index (χ0v) is 9.08. The maximum Gasteiger partial charge on any atom is 0.280 e. The van der Waals surface area contributed by atoms with Crippen LogP contribution in [0.15, 0.2) is 24.3 Å². The summed E-state index contributed by atoms with van der Waals surface area (Å²) in [6, 6.07) is 6.67. The van der Waals surface area contributed by atoms with Gasteiger partial charge in [0, 0.05) is 0 Å². The molecule has 0 aliphatic rings. The van der Waals surface area contributed by atoms with Crippen molar-refractivity contribution in [2.45, 2.75) is 6.43 Å². The normalized spacial score (nSPS) is 10.8. The minimum Gasteiger partial charge on any atom is -0.497 e. The molecule has 0 saturated carbocycles. The van der Waals surface area contributed by atoms with Gasteiger partial charge in [0.25, 0.3) is 6.43 Å². The maximum absolute atomic E-state index is 12.7. The molecule has 0 saturated heterocycles. The first kappa shape index (κ1) is 11.4. The quantitative estimate of drug-likeness (QED) is 0.865. The summed E-state index contributed by atoms with van der Waals surface area (Å²) in [7, 11) is 1.53. The highest BCUT2D eigenvalue weighted by Gasteiger charge is 2.20. The van der Waals surface area contributed by atoms with Crippen molar-refractivity contribution in [2.75, 3.05) is 12.8 Å². The lowest BCUT2D eigenvalue weighted by Gasteiger charge is -2.05. The Morgan fingerprint density at radius 2 is 1.94 bits per heavy atom. The molecule has 0 fully saturated rings. The Morgan fingerprint density at radius 1 is 1.29 bits per heavy atom. The smallest absolute Gasteiger partial charge is 0.280 e. The molecule has 0 aliphatic carbocycles. The van der Waals surface area contributed by atoms with Crippen molar-refractivity contribution in [3.05, 3.63) is 30.0 Å². The molecule has 1 aromatic heterocycles. The predicted molar refractivity (Wildman–Crippen MR) is 59.9 cm³/mol. The second kappa shape index (κ2) is 4.40. The molecule has 2 rings (SSSR count). The van der Waals surface area contributed by atoms with Crippen LogP contribution in [0.25, 0.3) is 11.1 Å². The Morgan fingerprint density at radius 3 is 2.47 bits per heavy atom. The molecular weight excluding hydrogens is 228 g/mol. The van der Waals surface area contributed by atoms with Crippen LogP contribution in [0.4, 0.5) is 14.6 Å². The number of anilines is 1. The monoisotopic (exact) mass is 239 g/mol. The Labute approximate surface area is 96.4 Å². The van der Waals surface area contributed by atoms with Gasteiger partial charge in [-0.05, 0) is 17.7 Å². The van der Waals surface area contributed by atoms with Crippen molar-refractivity contribution in [3.63, 3.8) is 0 Å². The van der Waals surface area contributed by atoms with Crippen LogP contribution in [-0.4, -0.2) is 17.3 Å². The molecule has 0 radical (unpaired) electrons. The molecule has 90 valence electrons. The Balaban J connectivity index is 2.48. The number of methoxy groups -OCH3 is 1. The standard InChI is InChI=1S/C11H11F2N3O/c1-17-7-4-2-6(3-5-7)8-9(10(12)13)15-16-11(8)14/h2-5,10H,1H3,(H3,14,15,16). The van der Waals surface area contributed by atoms with Gasteiger partial charge in [-0.1, -0.05) is 12.1 Å². The lowest BCUT2D eigenvalue weighted by molar-refractivity contribution is 0.146. The number of alkyl halides is 2. The van der Waals surface area contributed by atoms with Gasteiger partial charge in [0.1, 0.15) is 11.4 Å². The number of nitrogens with two attached hydrogens (primary N) is 1. The topological polar surface area (TPSA) is 63.9 Å². The fourth-order valence-electron chi connectivity index (χ4n) is 1.59. The lowest BCUT2D eigenvalue weighted by Crippen LogP contribution is -1.91. The van der Waals surface area contributed by atoms with E-state index in [4.69, 9.17) is 10.5 Å². The number of rotatable bonds is 3. The number of H-pyrrole nitrogens is 1. The molecule has 6 heteroatoms. The molecule has 3 N–H and O–H groups in total. The molecule has 1 heterocycles.